The molecule has 3 nitrogen and oxygen atoms in total. The summed E-state index contributed by atoms with van der Waals surface area (Å²) < 4.78 is 0. The van der Waals surface area contributed by atoms with Crippen molar-refractivity contribution < 1.29 is 5.11 Å². The lowest BCUT2D eigenvalue weighted by Gasteiger charge is -2.23. The molecule has 0 rings (SSSR count). The van der Waals surface area contributed by atoms with Gasteiger partial charge in [-0.25, -0.2) is 0 Å². The molecular weight excluding hydrogens is 140 g/mol. The molecule has 0 amide bonds. The molecule has 11 heavy (non-hydrogen) atoms. The van der Waals surface area contributed by atoms with Gasteiger partial charge in [0.05, 0.1) is 18.7 Å². The molecule has 1 unspecified atom stereocenters. The van der Waals surface area contributed by atoms with Crippen molar-refractivity contribution in [1.29, 1.82) is 5.26 Å². The predicted octanol–water partition coefficient (Wildman–Crippen LogP) is 0.603. The van der Waals surface area contributed by atoms with E-state index in [0.29, 0.717) is 6.54 Å². The second kappa shape index (κ2) is 6.14. The highest BCUT2D eigenvalue weighted by Gasteiger charge is 2.12. The number of nitriles is 1. The molecule has 1 atom stereocenters. The number of likely N-dealkylation sites (N-methyl/N-ethyl adjacent to an activating group) is 1. The van der Waals surface area contributed by atoms with E-state index in [2.05, 4.69) is 6.07 Å². The maximum atomic E-state index is 8.68. The third-order valence-corrected chi connectivity index (χ3v) is 1.77. The molecular formula is C8H16N2O. The standard InChI is InChI=1S/C8H16N2O/c1-3-8(7-9)10(4-2)5-6-11/h8,11H,3-6H2,1-2H3. The topological polar surface area (TPSA) is 47.3 Å². The van der Waals surface area contributed by atoms with E-state index in [1.54, 1.807) is 0 Å². The van der Waals surface area contributed by atoms with Gasteiger partial charge in [0, 0.05) is 6.54 Å². The monoisotopic (exact) mass is 156 g/mol. The van der Waals surface area contributed by atoms with Crippen LogP contribution in [0.1, 0.15) is 20.3 Å². The van der Waals surface area contributed by atoms with Crippen molar-refractivity contribution in [3.8, 4) is 6.07 Å². The van der Waals surface area contributed by atoms with Crippen LogP contribution in [0.5, 0.6) is 0 Å². The molecule has 0 heterocycles. The van der Waals surface area contributed by atoms with Gasteiger partial charge < -0.3 is 5.11 Å². The lowest BCUT2D eigenvalue weighted by molar-refractivity contribution is 0.177. The van der Waals surface area contributed by atoms with E-state index < -0.39 is 0 Å². The Bertz CT molecular complexity index is 131. The second-order valence-corrected chi connectivity index (χ2v) is 2.41. The molecule has 1 N–H and O–H groups in total. The van der Waals surface area contributed by atoms with Crippen molar-refractivity contribution in [2.24, 2.45) is 0 Å². The summed E-state index contributed by atoms with van der Waals surface area (Å²) in [6.45, 7) is 5.53. The Morgan fingerprint density at radius 3 is 2.45 bits per heavy atom. The summed E-state index contributed by atoms with van der Waals surface area (Å²) in [5.41, 5.74) is 0. The molecule has 0 aromatic heterocycles. The van der Waals surface area contributed by atoms with Crippen LogP contribution < -0.4 is 0 Å². The fourth-order valence-electron chi connectivity index (χ4n) is 1.09. The van der Waals surface area contributed by atoms with Crippen LogP contribution in [0.15, 0.2) is 0 Å². The number of aliphatic hydroxyl groups is 1. The van der Waals surface area contributed by atoms with Gasteiger partial charge in [0.1, 0.15) is 0 Å². The lowest BCUT2D eigenvalue weighted by Crippen LogP contribution is -2.35. The van der Waals surface area contributed by atoms with E-state index in [1.807, 2.05) is 18.7 Å². The fourth-order valence-corrected chi connectivity index (χ4v) is 1.09. The third-order valence-electron chi connectivity index (χ3n) is 1.77. The van der Waals surface area contributed by atoms with Crippen LogP contribution >= 0.6 is 0 Å². The van der Waals surface area contributed by atoms with Gasteiger partial charge in [-0.15, -0.1) is 0 Å². The normalized spacial score (nSPS) is 13.0. The van der Waals surface area contributed by atoms with E-state index in [9.17, 15) is 0 Å². The zero-order chi connectivity index (χ0) is 8.69. The molecule has 0 spiro atoms. The van der Waals surface area contributed by atoms with Gasteiger partial charge in [0.25, 0.3) is 0 Å². The van der Waals surface area contributed by atoms with Crippen LogP contribution in [0.25, 0.3) is 0 Å². The van der Waals surface area contributed by atoms with Crippen molar-refractivity contribution in [3.63, 3.8) is 0 Å². The molecule has 3 heteroatoms. The number of hydrogen-bond donors (Lipinski definition) is 1. The molecule has 0 bridgehead atoms. The Morgan fingerprint density at radius 1 is 1.55 bits per heavy atom. The fraction of sp³-hybridized carbons (Fsp3) is 0.875. The van der Waals surface area contributed by atoms with Gasteiger partial charge in [-0.1, -0.05) is 13.8 Å². The van der Waals surface area contributed by atoms with Crippen LogP contribution in [-0.2, 0) is 0 Å². The van der Waals surface area contributed by atoms with Crippen LogP contribution in [0.2, 0.25) is 0 Å². The molecule has 0 aliphatic rings. The van der Waals surface area contributed by atoms with Gasteiger partial charge >= 0.3 is 0 Å². The number of nitrogens with zero attached hydrogens (tertiary/aromatic N) is 2. The molecule has 0 saturated carbocycles. The van der Waals surface area contributed by atoms with Gasteiger partial charge in [0.2, 0.25) is 0 Å². The Kier molecular flexibility index (Phi) is 5.81. The summed E-state index contributed by atoms with van der Waals surface area (Å²) in [5.74, 6) is 0. The highest BCUT2D eigenvalue weighted by Crippen LogP contribution is 2.01. The van der Waals surface area contributed by atoms with E-state index in [1.165, 1.54) is 0 Å². The van der Waals surface area contributed by atoms with E-state index in [4.69, 9.17) is 10.4 Å². The summed E-state index contributed by atoms with van der Waals surface area (Å²) in [6.07, 6.45) is 0.824. The first-order valence-electron chi connectivity index (χ1n) is 4.04. The van der Waals surface area contributed by atoms with Gasteiger partial charge in [-0.3, -0.25) is 4.90 Å². The summed E-state index contributed by atoms with van der Waals surface area (Å²) >= 11 is 0. The minimum atomic E-state index is -0.0350. The minimum absolute atomic E-state index is 0.0350. The van der Waals surface area contributed by atoms with Gasteiger partial charge in [0.15, 0.2) is 0 Å². The quantitative estimate of drug-likeness (QED) is 0.634. The van der Waals surface area contributed by atoms with Gasteiger partial charge in [-0.2, -0.15) is 5.26 Å². The first-order valence-corrected chi connectivity index (χ1v) is 4.04. The van der Waals surface area contributed by atoms with Gasteiger partial charge in [-0.05, 0) is 13.0 Å². The predicted molar refractivity (Wildman–Crippen MR) is 44.0 cm³/mol. The lowest BCUT2D eigenvalue weighted by atomic mass is 10.2. The van der Waals surface area contributed by atoms with Crippen LogP contribution in [0.4, 0.5) is 0 Å². The first-order chi connectivity index (χ1) is 5.29. The summed E-state index contributed by atoms with van der Waals surface area (Å²) in [5, 5.41) is 17.3. The average Bonchev–Trinajstić information content (AvgIpc) is 2.05. The van der Waals surface area contributed by atoms with Crippen molar-refractivity contribution in [2.45, 2.75) is 26.3 Å². The van der Waals surface area contributed by atoms with Crippen LogP contribution in [0, 0.1) is 11.3 Å². The average molecular weight is 156 g/mol. The molecule has 0 aromatic rings. The second-order valence-electron chi connectivity index (χ2n) is 2.41. The maximum Gasteiger partial charge on any atom is 0.0975 e. The Balaban J connectivity index is 3.89. The van der Waals surface area contributed by atoms with Crippen molar-refractivity contribution >= 4 is 0 Å². The Morgan fingerprint density at radius 2 is 2.18 bits per heavy atom. The summed E-state index contributed by atoms with van der Waals surface area (Å²) in [4.78, 5) is 1.97. The minimum Gasteiger partial charge on any atom is -0.395 e. The number of hydrogen-bond acceptors (Lipinski definition) is 3. The van der Waals surface area contributed by atoms with Crippen molar-refractivity contribution in [2.75, 3.05) is 19.7 Å². The Labute approximate surface area is 68.2 Å². The van der Waals surface area contributed by atoms with Crippen LogP contribution in [0.3, 0.4) is 0 Å². The maximum absolute atomic E-state index is 8.68. The molecule has 0 fully saturated rings. The van der Waals surface area contributed by atoms with E-state index in [0.717, 1.165) is 13.0 Å². The van der Waals surface area contributed by atoms with E-state index >= 15 is 0 Å². The van der Waals surface area contributed by atoms with Crippen LogP contribution in [-0.4, -0.2) is 35.7 Å². The highest BCUT2D eigenvalue weighted by atomic mass is 16.3. The van der Waals surface area contributed by atoms with E-state index in [-0.39, 0.29) is 12.6 Å². The van der Waals surface area contributed by atoms with Crippen molar-refractivity contribution in [1.82, 2.24) is 4.90 Å². The summed E-state index contributed by atoms with van der Waals surface area (Å²) in [6, 6.07) is 2.17. The first kappa shape index (κ1) is 10.4. The number of rotatable bonds is 5. The Hall–Kier alpha value is -0.590. The molecule has 0 aliphatic heterocycles. The molecule has 0 aromatic carbocycles. The third kappa shape index (κ3) is 3.35. The zero-order valence-corrected chi connectivity index (χ0v) is 7.25. The molecule has 64 valence electrons. The number of aliphatic hydroxyl groups excluding tert-OH is 1. The SMILES string of the molecule is CCC(C#N)N(CC)CCO. The molecule has 0 aliphatic carbocycles. The molecule has 0 saturated heterocycles. The largest absolute Gasteiger partial charge is 0.395 e. The van der Waals surface area contributed by atoms with Crippen molar-refractivity contribution in [3.05, 3.63) is 0 Å². The highest BCUT2D eigenvalue weighted by molar-refractivity contribution is 4.90. The molecule has 0 radical (unpaired) electrons. The zero-order valence-electron chi connectivity index (χ0n) is 7.25. The summed E-state index contributed by atoms with van der Waals surface area (Å²) in [7, 11) is 0. The smallest absolute Gasteiger partial charge is 0.0975 e.